The first-order chi connectivity index (χ1) is 9.41. The van der Waals surface area contributed by atoms with Crippen LogP contribution in [-0.2, 0) is 9.59 Å². The van der Waals surface area contributed by atoms with E-state index in [-0.39, 0.29) is 16.3 Å². The number of nitrogens with zero attached hydrogens (tertiary/aromatic N) is 5. The fraction of sp³-hybridized carbons (Fsp3) is 0.500. The van der Waals surface area contributed by atoms with E-state index < -0.39 is 17.9 Å². The van der Waals surface area contributed by atoms with Crippen LogP contribution in [0.4, 0.5) is 0 Å². The van der Waals surface area contributed by atoms with Crippen molar-refractivity contribution in [2.75, 3.05) is 0 Å². The summed E-state index contributed by atoms with van der Waals surface area (Å²) in [6.07, 6.45) is 0. The molecule has 3 atom stereocenters. The molecule has 0 spiro atoms. The van der Waals surface area contributed by atoms with Crippen LogP contribution in [0.5, 0.6) is 0 Å². The van der Waals surface area contributed by atoms with Crippen LogP contribution in [0.25, 0.3) is 5.70 Å². The zero-order chi connectivity index (χ0) is 14.6. The van der Waals surface area contributed by atoms with Crippen molar-refractivity contribution in [2.24, 2.45) is 5.73 Å². The van der Waals surface area contributed by atoms with Gasteiger partial charge in [0.2, 0.25) is 5.91 Å². The standard InChI is InChI=1S/C10H12N6O3S/c1-3-6(16-13-4(2)12-14-16)7(10(18)19)15-8(17)5(11)9(15)20-3/h3,5,9H,11H2,1-2H3,(H,18,19)/t3?,5?,9-/m1/s1. The lowest BCUT2D eigenvalue weighted by Gasteiger charge is -2.49. The average molecular weight is 296 g/mol. The zero-order valence-corrected chi connectivity index (χ0v) is 11.5. The number of hydrogen-bond donors (Lipinski definition) is 2. The minimum absolute atomic E-state index is 0.120. The lowest BCUT2D eigenvalue weighted by molar-refractivity contribution is -0.147. The first kappa shape index (κ1) is 13.1. The summed E-state index contributed by atoms with van der Waals surface area (Å²) in [5.41, 5.74) is 5.92. The third-order valence-electron chi connectivity index (χ3n) is 3.23. The Labute approximate surface area is 117 Å². The number of aryl methyl sites for hydroxylation is 1. The fourth-order valence-electron chi connectivity index (χ4n) is 2.32. The number of rotatable bonds is 2. The molecule has 0 aromatic carbocycles. The second kappa shape index (κ2) is 4.28. The van der Waals surface area contributed by atoms with Crippen LogP contribution < -0.4 is 5.73 Å². The maximum absolute atomic E-state index is 11.8. The highest BCUT2D eigenvalue weighted by Gasteiger charge is 2.54. The number of carboxylic acids is 1. The molecule has 9 nitrogen and oxygen atoms in total. The topological polar surface area (TPSA) is 127 Å². The van der Waals surface area contributed by atoms with Crippen LogP contribution in [0.15, 0.2) is 5.70 Å². The van der Waals surface area contributed by atoms with E-state index in [2.05, 4.69) is 15.4 Å². The summed E-state index contributed by atoms with van der Waals surface area (Å²) in [4.78, 5) is 25.7. The molecule has 3 heterocycles. The molecular weight excluding hydrogens is 284 g/mol. The maximum Gasteiger partial charge on any atom is 0.354 e. The first-order valence-electron chi connectivity index (χ1n) is 5.90. The Bertz CT molecular complexity index is 641. The number of fused-ring (bicyclic) bond motifs is 1. The Hall–Kier alpha value is -1.94. The SMILES string of the molecule is Cc1nnn(C2=C(C(=O)O)N3C(=O)C(N)[C@H]3SC2C)n1. The Morgan fingerprint density at radius 3 is 2.75 bits per heavy atom. The van der Waals surface area contributed by atoms with Crippen LogP contribution in [0, 0.1) is 6.92 Å². The normalized spacial score (nSPS) is 29.2. The van der Waals surface area contributed by atoms with E-state index >= 15 is 0 Å². The highest BCUT2D eigenvalue weighted by molar-refractivity contribution is 8.01. The van der Waals surface area contributed by atoms with Crippen molar-refractivity contribution in [1.29, 1.82) is 0 Å². The number of aliphatic carboxylic acids is 1. The van der Waals surface area contributed by atoms with Gasteiger partial charge < -0.3 is 10.8 Å². The summed E-state index contributed by atoms with van der Waals surface area (Å²) in [5, 5.41) is 20.5. The molecule has 2 aliphatic rings. The second-order valence-corrected chi connectivity index (χ2v) is 6.03. The van der Waals surface area contributed by atoms with Gasteiger partial charge in [-0.25, -0.2) is 4.79 Å². The molecule has 10 heteroatoms. The van der Waals surface area contributed by atoms with Crippen LogP contribution in [-0.4, -0.2) is 58.8 Å². The van der Waals surface area contributed by atoms with E-state index in [1.807, 2.05) is 6.92 Å². The number of amides is 1. The maximum atomic E-state index is 11.8. The van der Waals surface area contributed by atoms with E-state index in [1.165, 1.54) is 21.5 Å². The van der Waals surface area contributed by atoms with Gasteiger partial charge in [0.15, 0.2) is 11.5 Å². The number of carbonyl (C=O) groups is 2. The predicted octanol–water partition coefficient (Wildman–Crippen LogP) is -1.13. The molecule has 1 aromatic rings. The van der Waals surface area contributed by atoms with Gasteiger partial charge in [-0.1, -0.05) is 0 Å². The lowest BCUT2D eigenvalue weighted by Crippen LogP contribution is -2.69. The highest BCUT2D eigenvalue weighted by atomic mass is 32.2. The van der Waals surface area contributed by atoms with Gasteiger partial charge in [-0.15, -0.1) is 26.8 Å². The van der Waals surface area contributed by atoms with Crippen LogP contribution >= 0.6 is 11.8 Å². The molecule has 0 aliphatic carbocycles. The summed E-state index contributed by atoms with van der Waals surface area (Å²) in [7, 11) is 0. The zero-order valence-electron chi connectivity index (χ0n) is 10.7. The van der Waals surface area contributed by atoms with Gasteiger partial charge in [-0.05, 0) is 19.1 Å². The van der Waals surface area contributed by atoms with Crippen molar-refractivity contribution in [2.45, 2.75) is 30.5 Å². The minimum atomic E-state index is -1.20. The number of carbonyl (C=O) groups excluding carboxylic acids is 1. The molecule has 1 saturated heterocycles. The summed E-state index contributed by atoms with van der Waals surface area (Å²) in [6.45, 7) is 3.48. The van der Waals surface area contributed by atoms with E-state index in [0.29, 0.717) is 11.5 Å². The Kier molecular flexibility index (Phi) is 2.80. The molecular formula is C10H12N6O3S. The lowest BCUT2D eigenvalue weighted by atomic mass is 10.0. The highest BCUT2D eigenvalue weighted by Crippen LogP contribution is 2.44. The van der Waals surface area contributed by atoms with Gasteiger partial charge >= 0.3 is 5.97 Å². The molecule has 3 N–H and O–H groups in total. The molecule has 0 bridgehead atoms. The van der Waals surface area contributed by atoms with Crippen molar-refractivity contribution in [3.63, 3.8) is 0 Å². The third kappa shape index (κ3) is 1.64. The quantitative estimate of drug-likeness (QED) is 0.656. The smallest absolute Gasteiger partial charge is 0.354 e. The van der Waals surface area contributed by atoms with Crippen LogP contribution in [0.3, 0.4) is 0 Å². The molecule has 0 saturated carbocycles. The summed E-state index contributed by atoms with van der Waals surface area (Å²) >= 11 is 1.41. The van der Waals surface area contributed by atoms with Gasteiger partial charge in [0, 0.05) is 0 Å². The molecule has 0 radical (unpaired) electrons. The van der Waals surface area contributed by atoms with Gasteiger partial charge in [0.1, 0.15) is 17.1 Å². The van der Waals surface area contributed by atoms with E-state index in [9.17, 15) is 14.7 Å². The third-order valence-corrected chi connectivity index (χ3v) is 4.64. The number of aromatic nitrogens is 4. The molecule has 1 amide bonds. The number of tetrazole rings is 1. The average Bonchev–Trinajstić information content (AvgIpc) is 2.82. The molecule has 106 valence electrons. The minimum Gasteiger partial charge on any atom is -0.477 e. The predicted molar refractivity (Wildman–Crippen MR) is 69.1 cm³/mol. The van der Waals surface area contributed by atoms with Crippen molar-refractivity contribution in [1.82, 2.24) is 25.1 Å². The van der Waals surface area contributed by atoms with Crippen molar-refractivity contribution in [3.8, 4) is 0 Å². The summed E-state index contributed by atoms with van der Waals surface area (Å²) in [5.74, 6) is -1.18. The van der Waals surface area contributed by atoms with Gasteiger partial charge in [-0.2, -0.15) is 0 Å². The number of carboxylic acid groups (broad SMARTS) is 1. The molecule has 1 fully saturated rings. The fourth-order valence-corrected chi connectivity index (χ4v) is 3.68. The number of hydrogen-bond acceptors (Lipinski definition) is 7. The van der Waals surface area contributed by atoms with Crippen LogP contribution in [0.1, 0.15) is 12.7 Å². The van der Waals surface area contributed by atoms with Crippen molar-refractivity contribution >= 4 is 29.3 Å². The van der Waals surface area contributed by atoms with Crippen molar-refractivity contribution in [3.05, 3.63) is 11.5 Å². The van der Waals surface area contributed by atoms with Crippen LogP contribution in [0.2, 0.25) is 0 Å². The second-order valence-electron chi connectivity index (χ2n) is 4.57. The molecule has 1 aromatic heterocycles. The monoisotopic (exact) mass is 296 g/mol. The number of nitrogens with two attached hydrogens (primary N) is 1. The molecule has 2 aliphatic heterocycles. The van der Waals surface area contributed by atoms with E-state index in [1.54, 1.807) is 6.92 Å². The number of thioether (sulfide) groups is 1. The van der Waals surface area contributed by atoms with Gasteiger partial charge in [0.25, 0.3) is 0 Å². The van der Waals surface area contributed by atoms with Gasteiger partial charge in [0.05, 0.1) is 5.25 Å². The Morgan fingerprint density at radius 2 is 2.20 bits per heavy atom. The Balaban J connectivity index is 2.16. The Morgan fingerprint density at radius 1 is 1.50 bits per heavy atom. The molecule has 2 unspecified atom stereocenters. The van der Waals surface area contributed by atoms with E-state index in [0.717, 1.165) is 0 Å². The van der Waals surface area contributed by atoms with Crippen molar-refractivity contribution < 1.29 is 14.7 Å². The summed E-state index contributed by atoms with van der Waals surface area (Å²) in [6, 6.07) is -0.663. The first-order valence-corrected chi connectivity index (χ1v) is 6.84. The van der Waals surface area contributed by atoms with E-state index in [4.69, 9.17) is 5.73 Å². The summed E-state index contributed by atoms with van der Waals surface area (Å²) < 4.78 is 0. The molecule has 3 rings (SSSR count). The van der Waals surface area contributed by atoms with Gasteiger partial charge in [-0.3, -0.25) is 9.69 Å². The number of β-lactam (4-membered cyclic amide) rings is 1. The largest absolute Gasteiger partial charge is 0.477 e. The molecule has 20 heavy (non-hydrogen) atoms.